The van der Waals surface area contributed by atoms with E-state index in [4.69, 9.17) is 0 Å². The zero-order chi connectivity index (χ0) is 14.3. The number of nitrogens with zero attached hydrogens (tertiary/aromatic N) is 4. The highest BCUT2D eigenvalue weighted by molar-refractivity contribution is 7.16. The van der Waals surface area contributed by atoms with Gasteiger partial charge in [-0.1, -0.05) is 6.92 Å². The van der Waals surface area contributed by atoms with Crippen LogP contribution in [0.1, 0.15) is 23.9 Å². The molecule has 0 saturated carbocycles. The van der Waals surface area contributed by atoms with Crippen LogP contribution < -0.4 is 5.32 Å². The van der Waals surface area contributed by atoms with Gasteiger partial charge in [0.15, 0.2) is 5.82 Å². The Bertz CT molecular complexity index is 771. The summed E-state index contributed by atoms with van der Waals surface area (Å²) in [6.07, 6.45) is 0.981. The first kappa shape index (κ1) is 13.1. The van der Waals surface area contributed by atoms with Gasteiger partial charge in [0.25, 0.3) is 0 Å². The third kappa shape index (κ3) is 1.87. The zero-order valence-electron chi connectivity index (χ0n) is 12.1. The van der Waals surface area contributed by atoms with Crippen LogP contribution in [-0.2, 0) is 6.42 Å². The van der Waals surface area contributed by atoms with Crippen LogP contribution in [0.25, 0.3) is 16.0 Å². The van der Waals surface area contributed by atoms with Gasteiger partial charge in [0.2, 0.25) is 5.95 Å². The molecule has 0 saturated heterocycles. The lowest BCUT2D eigenvalue weighted by Gasteiger charge is -2.07. The van der Waals surface area contributed by atoms with Gasteiger partial charge in [0, 0.05) is 12.7 Å². The van der Waals surface area contributed by atoms with Crippen molar-refractivity contribution in [3.63, 3.8) is 0 Å². The molecule has 6 heteroatoms. The molecule has 0 bridgehead atoms. The Labute approximate surface area is 121 Å². The Kier molecular flexibility index (Phi) is 3.17. The van der Waals surface area contributed by atoms with Crippen molar-refractivity contribution >= 4 is 27.5 Å². The fourth-order valence-corrected chi connectivity index (χ4v) is 3.26. The molecule has 0 amide bonds. The molecule has 104 valence electrons. The molecular weight excluding hydrogens is 270 g/mol. The monoisotopic (exact) mass is 287 g/mol. The second-order valence-electron chi connectivity index (χ2n) is 4.67. The molecule has 0 atom stereocenters. The topological polar surface area (TPSA) is 55.6 Å². The molecule has 3 heterocycles. The number of aromatic nitrogens is 4. The molecular formula is C14H17N5S. The van der Waals surface area contributed by atoms with E-state index in [9.17, 15) is 0 Å². The van der Waals surface area contributed by atoms with E-state index in [1.54, 1.807) is 11.3 Å². The number of hydrogen-bond donors (Lipinski definition) is 1. The van der Waals surface area contributed by atoms with E-state index in [0.29, 0.717) is 5.95 Å². The van der Waals surface area contributed by atoms with Crippen LogP contribution in [0.5, 0.6) is 0 Å². The van der Waals surface area contributed by atoms with E-state index in [1.165, 1.54) is 5.56 Å². The number of hydrogen-bond acceptors (Lipinski definition) is 5. The van der Waals surface area contributed by atoms with Crippen molar-refractivity contribution < 1.29 is 0 Å². The predicted octanol–water partition coefficient (Wildman–Crippen LogP) is 3.10. The lowest BCUT2D eigenvalue weighted by molar-refractivity contribution is 0.811. The average molecular weight is 287 g/mol. The summed E-state index contributed by atoms with van der Waals surface area (Å²) in [5.74, 6) is 1.47. The maximum Gasteiger partial charge on any atom is 0.225 e. The SMILES string of the molecule is CCc1c(C)nn(-c2nc(NC)nc3sccc23)c1C. The number of nitrogens with one attached hydrogen (secondary N) is 1. The number of thiophene rings is 1. The maximum atomic E-state index is 4.66. The van der Waals surface area contributed by atoms with Crippen LogP contribution in [0.2, 0.25) is 0 Å². The molecule has 0 aliphatic rings. The number of rotatable bonds is 3. The molecule has 3 rings (SSSR count). The van der Waals surface area contributed by atoms with Crippen molar-refractivity contribution in [3.05, 3.63) is 28.4 Å². The Morgan fingerprint density at radius 3 is 2.75 bits per heavy atom. The summed E-state index contributed by atoms with van der Waals surface area (Å²) in [5, 5.41) is 10.8. The van der Waals surface area contributed by atoms with Gasteiger partial charge in [0.05, 0.1) is 11.1 Å². The van der Waals surface area contributed by atoms with Crippen LogP contribution in [-0.4, -0.2) is 26.8 Å². The first-order valence-electron chi connectivity index (χ1n) is 6.64. The predicted molar refractivity (Wildman–Crippen MR) is 82.9 cm³/mol. The summed E-state index contributed by atoms with van der Waals surface area (Å²) in [6, 6.07) is 2.05. The third-order valence-electron chi connectivity index (χ3n) is 3.52. The Morgan fingerprint density at radius 1 is 1.30 bits per heavy atom. The molecule has 0 aliphatic heterocycles. The number of aryl methyl sites for hydroxylation is 1. The normalized spacial score (nSPS) is 11.2. The first-order chi connectivity index (χ1) is 9.65. The highest BCUT2D eigenvalue weighted by Crippen LogP contribution is 2.27. The van der Waals surface area contributed by atoms with Crippen LogP contribution in [0.3, 0.4) is 0 Å². The summed E-state index contributed by atoms with van der Waals surface area (Å²) >= 11 is 1.62. The minimum atomic E-state index is 0.626. The van der Waals surface area contributed by atoms with Crippen molar-refractivity contribution in [2.45, 2.75) is 27.2 Å². The van der Waals surface area contributed by atoms with Crippen molar-refractivity contribution in [2.24, 2.45) is 0 Å². The van der Waals surface area contributed by atoms with Gasteiger partial charge in [-0.05, 0) is 37.3 Å². The van der Waals surface area contributed by atoms with Crippen molar-refractivity contribution in [1.82, 2.24) is 19.7 Å². The molecule has 5 nitrogen and oxygen atoms in total. The van der Waals surface area contributed by atoms with Crippen LogP contribution in [0.4, 0.5) is 5.95 Å². The van der Waals surface area contributed by atoms with Crippen molar-refractivity contribution in [2.75, 3.05) is 12.4 Å². The number of fused-ring (bicyclic) bond motifs is 1. The van der Waals surface area contributed by atoms with E-state index in [-0.39, 0.29) is 0 Å². The van der Waals surface area contributed by atoms with Crippen LogP contribution in [0, 0.1) is 13.8 Å². The number of anilines is 1. The average Bonchev–Trinajstić information content (AvgIpc) is 3.02. The molecule has 3 aromatic rings. The lowest BCUT2D eigenvalue weighted by Crippen LogP contribution is -2.06. The highest BCUT2D eigenvalue weighted by Gasteiger charge is 2.16. The third-order valence-corrected chi connectivity index (χ3v) is 4.33. The fourth-order valence-electron chi connectivity index (χ4n) is 2.51. The fraction of sp³-hybridized carbons (Fsp3) is 0.357. The zero-order valence-corrected chi connectivity index (χ0v) is 12.9. The Morgan fingerprint density at radius 2 is 2.10 bits per heavy atom. The van der Waals surface area contributed by atoms with Gasteiger partial charge in [-0.2, -0.15) is 10.1 Å². The molecule has 0 radical (unpaired) electrons. The molecule has 0 aliphatic carbocycles. The quantitative estimate of drug-likeness (QED) is 0.804. The molecule has 0 unspecified atom stereocenters. The summed E-state index contributed by atoms with van der Waals surface area (Å²) in [6.45, 7) is 6.30. The van der Waals surface area contributed by atoms with Crippen molar-refractivity contribution in [3.8, 4) is 5.82 Å². The van der Waals surface area contributed by atoms with E-state index in [2.05, 4.69) is 40.3 Å². The van der Waals surface area contributed by atoms with Gasteiger partial charge in [-0.25, -0.2) is 9.67 Å². The lowest BCUT2D eigenvalue weighted by atomic mass is 10.1. The highest BCUT2D eigenvalue weighted by atomic mass is 32.1. The van der Waals surface area contributed by atoms with Gasteiger partial charge >= 0.3 is 0 Å². The van der Waals surface area contributed by atoms with Gasteiger partial charge in [0.1, 0.15) is 4.83 Å². The molecule has 20 heavy (non-hydrogen) atoms. The minimum absolute atomic E-state index is 0.626. The molecule has 0 fully saturated rings. The summed E-state index contributed by atoms with van der Waals surface area (Å²) in [4.78, 5) is 10.0. The maximum absolute atomic E-state index is 4.66. The van der Waals surface area contributed by atoms with Crippen LogP contribution in [0.15, 0.2) is 11.4 Å². The summed E-state index contributed by atoms with van der Waals surface area (Å²) < 4.78 is 1.94. The molecule has 1 N–H and O–H groups in total. The summed E-state index contributed by atoms with van der Waals surface area (Å²) in [7, 11) is 1.83. The van der Waals surface area contributed by atoms with E-state index in [1.807, 2.05) is 24.0 Å². The second-order valence-corrected chi connectivity index (χ2v) is 5.57. The van der Waals surface area contributed by atoms with Gasteiger partial charge < -0.3 is 5.32 Å². The molecule has 0 aromatic carbocycles. The van der Waals surface area contributed by atoms with E-state index < -0.39 is 0 Å². The van der Waals surface area contributed by atoms with Crippen LogP contribution >= 0.6 is 11.3 Å². The smallest absolute Gasteiger partial charge is 0.225 e. The van der Waals surface area contributed by atoms with Gasteiger partial charge in [-0.15, -0.1) is 11.3 Å². The minimum Gasteiger partial charge on any atom is -0.357 e. The Hall–Kier alpha value is -1.95. The Balaban J connectivity index is 2.31. The van der Waals surface area contributed by atoms with Crippen molar-refractivity contribution in [1.29, 1.82) is 0 Å². The summed E-state index contributed by atoms with van der Waals surface area (Å²) in [5.41, 5.74) is 3.51. The van der Waals surface area contributed by atoms with E-state index in [0.717, 1.165) is 33.8 Å². The molecule has 3 aromatic heterocycles. The first-order valence-corrected chi connectivity index (χ1v) is 7.52. The van der Waals surface area contributed by atoms with E-state index >= 15 is 0 Å². The second kappa shape index (κ2) is 4.86. The standard InChI is InChI=1S/C14H17N5S/c1-5-10-8(2)18-19(9(10)3)12-11-6-7-20-13(11)17-14(15-4)16-12/h6-7H,5H2,1-4H3,(H,15,16,17). The molecule has 0 spiro atoms. The van der Waals surface area contributed by atoms with Gasteiger partial charge in [-0.3, -0.25) is 0 Å². The largest absolute Gasteiger partial charge is 0.357 e.